The van der Waals surface area contributed by atoms with Crippen LogP contribution >= 0.6 is 28.1 Å². The monoisotopic (exact) mass is 419 g/mol. The first-order valence-corrected chi connectivity index (χ1v) is 10.2. The van der Waals surface area contributed by atoms with Crippen LogP contribution in [0.2, 0.25) is 0 Å². The summed E-state index contributed by atoms with van der Waals surface area (Å²) in [6.45, 7) is 2.49. The minimum absolute atomic E-state index is 0.0675. The fourth-order valence-electron chi connectivity index (χ4n) is 4.06. The Morgan fingerprint density at radius 3 is 2.76 bits per heavy atom. The van der Waals surface area contributed by atoms with Crippen LogP contribution in [0.1, 0.15) is 43.2 Å². The summed E-state index contributed by atoms with van der Waals surface area (Å²) in [7, 11) is 0. The van der Waals surface area contributed by atoms with Crippen LogP contribution < -0.4 is 15.2 Å². The third kappa shape index (κ3) is 2.96. The predicted molar refractivity (Wildman–Crippen MR) is 108 cm³/mol. The fourth-order valence-corrected chi connectivity index (χ4v) is 5.05. The summed E-state index contributed by atoms with van der Waals surface area (Å²) in [5.41, 5.74) is 11.6. The molecular weight excluding hydrogens is 398 g/mol. The van der Waals surface area contributed by atoms with E-state index in [1.165, 1.54) is 22.3 Å². The second-order valence-corrected chi connectivity index (χ2v) is 8.28. The molecule has 0 saturated heterocycles. The van der Waals surface area contributed by atoms with Crippen molar-refractivity contribution in [3.63, 3.8) is 0 Å². The van der Waals surface area contributed by atoms with Crippen molar-refractivity contribution >= 4 is 33.0 Å². The Kier molecular flexibility index (Phi) is 4.73. The molecule has 0 bridgehead atoms. The number of ether oxygens (including phenoxy) is 2. The smallest absolute Gasteiger partial charge is 0.231 e. The lowest BCUT2D eigenvalue weighted by Gasteiger charge is -2.35. The van der Waals surface area contributed by atoms with E-state index in [9.17, 15) is 0 Å². The highest BCUT2D eigenvalue weighted by Crippen LogP contribution is 2.45. The minimum atomic E-state index is 0.0675. The number of halogens is 1. The number of fused-ring (bicyclic) bond motifs is 2. The van der Waals surface area contributed by atoms with E-state index in [1.54, 1.807) is 0 Å². The van der Waals surface area contributed by atoms with Gasteiger partial charge in [-0.05, 0) is 48.1 Å². The molecule has 0 radical (unpaired) electrons. The molecular formula is C20H22BrNO2S. The Morgan fingerprint density at radius 1 is 1.24 bits per heavy atom. The highest BCUT2D eigenvalue weighted by molar-refractivity contribution is 9.10. The van der Waals surface area contributed by atoms with Gasteiger partial charge in [0.05, 0.1) is 4.83 Å². The van der Waals surface area contributed by atoms with E-state index in [4.69, 9.17) is 27.4 Å². The molecule has 5 heteroatoms. The maximum Gasteiger partial charge on any atom is 0.231 e. The average molecular weight is 420 g/mol. The highest BCUT2D eigenvalue weighted by Gasteiger charge is 2.36. The van der Waals surface area contributed by atoms with Gasteiger partial charge in [0.1, 0.15) is 0 Å². The number of thiocarbonyl (C=S) groups is 1. The van der Waals surface area contributed by atoms with Crippen molar-refractivity contribution in [2.75, 3.05) is 6.79 Å². The largest absolute Gasteiger partial charge is 0.454 e. The Labute approximate surface area is 162 Å². The van der Waals surface area contributed by atoms with Crippen molar-refractivity contribution in [1.82, 2.24) is 0 Å². The summed E-state index contributed by atoms with van der Waals surface area (Å²) >= 11 is 9.64. The summed E-state index contributed by atoms with van der Waals surface area (Å²) in [5, 5.41) is 0. The number of hydrogen-bond acceptors (Lipinski definition) is 4. The zero-order chi connectivity index (χ0) is 17.6. The molecule has 1 heterocycles. The quantitative estimate of drug-likeness (QED) is 0.575. The fraction of sp³-hybridized carbons (Fsp3) is 0.450. The SMILES string of the molecule is CCCC1=CC=C(C2c3cc4c(cc3CCC2N)OCO4)C(=S)C1Br. The van der Waals surface area contributed by atoms with Crippen LogP contribution in [-0.2, 0) is 6.42 Å². The Hall–Kier alpha value is -1.17. The number of aryl methyl sites for hydroxylation is 1. The molecule has 25 heavy (non-hydrogen) atoms. The molecule has 0 fully saturated rings. The number of alkyl halides is 1. The lowest BCUT2D eigenvalue weighted by molar-refractivity contribution is 0.174. The molecule has 3 unspecified atom stereocenters. The highest BCUT2D eigenvalue weighted by atomic mass is 79.9. The van der Waals surface area contributed by atoms with Crippen LogP contribution in [0.4, 0.5) is 0 Å². The van der Waals surface area contributed by atoms with Gasteiger partial charge in [-0.15, -0.1) is 0 Å². The van der Waals surface area contributed by atoms with Crippen molar-refractivity contribution in [2.24, 2.45) is 5.73 Å². The van der Waals surface area contributed by atoms with Gasteiger partial charge in [-0.2, -0.15) is 0 Å². The van der Waals surface area contributed by atoms with E-state index in [0.29, 0.717) is 6.79 Å². The first-order chi connectivity index (χ1) is 12.1. The van der Waals surface area contributed by atoms with E-state index in [1.807, 2.05) is 0 Å². The second-order valence-electron chi connectivity index (χ2n) is 6.92. The third-order valence-corrected chi connectivity index (χ3v) is 7.16. The van der Waals surface area contributed by atoms with Gasteiger partial charge in [-0.3, -0.25) is 0 Å². The molecule has 4 rings (SSSR count). The van der Waals surface area contributed by atoms with Gasteiger partial charge in [-0.1, -0.05) is 59.2 Å². The van der Waals surface area contributed by atoms with E-state index in [0.717, 1.165) is 42.0 Å². The standard InChI is InChI=1S/C20H22BrNO2S/c1-2-3-11-4-6-13(20(25)19(11)21)18-14-9-17-16(23-10-24-17)8-12(14)5-7-15(18)22/h4,6,8-9,15,18-19H,2-3,5,7,10,22H2,1H3. The van der Waals surface area contributed by atoms with Gasteiger partial charge in [0.2, 0.25) is 6.79 Å². The van der Waals surface area contributed by atoms with Gasteiger partial charge in [0.15, 0.2) is 11.5 Å². The molecule has 0 saturated carbocycles. The summed E-state index contributed by atoms with van der Waals surface area (Å²) in [5.74, 6) is 1.78. The van der Waals surface area contributed by atoms with E-state index in [2.05, 4.69) is 47.1 Å². The molecule has 0 spiro atoms. The zero-order valence-corrected chi connectivity index (χ0v) is 16.7. The second kappa shape index (κ2) is 6.86. The van der Waals surface area contributed by atoms with E-state index in [-0.39, 0.29) is 16.8 Å². The normalized spacial score (nSPS) is 27.6. The predicted octanol–water partition coefficient (Wildman–Crippen LogP) is 4.57. The lowest BCUT2D eigenvalue weighted by atomic mass is 9.73. The minimum Gasteiger partial charge on any atom is -0.454 e. The molecule has 2 N–H and O–H groups in total. The number of allylic oxidation sites excluding steroid dienone is 3. The topological polar surface area (TPSA) is 44.5 Å². The van der Waals surface area contributed by atoms with Crippen LogP contribution in [0, 0.1) is 0 Å². The summed E-state index contributed by atoms with van der Waals surface area (Å²) in [6, 6.07) is 4.30. The molecule has 2 aliphatic carbocycles. The molecule has 0 aromatic heterocycles. The molecule has 1 aromatic rings. The first-order valence-electron chi connectivity index (χ1n) is 8.87. The van der Waals surface area contributed by atoms with Crippen molar-refractivity contribution in [3.05, 3.63) is 46.6 Å². The Bertz CT molecular complexity index is 786. The number of nitrogens with two attached hydrogens (primary N) is 1. The van der Waals surface area contributed by atoms with Crippen LogP contribution in [0.3, 0.4) is 0 Å². The maximum atomic E-state index is 6.56. The van der Waals surface area contributed by atoms with Gasteiger partial charge in [-0.25, -0.2) is 0 Å². The van der Waals surface area contributed by atoms with Crippen LogP contribution in [0.15, 0.2) is 35.4 Å². The Morgan fingerprint density at radius 2 is 2.00 bits per heavy atom. The lowest BCUT2D eigenvalue weighted by Crippen LogP contribution is -2.37. The zero-order valence-electron chi connectivity index (χ0n) is 14.3. The summed E-state index contributed by atoms with van der Waals surface area (Å²) in [6.07, 6.45) is 8.52. The van der Waals surface area contributed by atoms with Crippen LogP contribution in [-0.4, -0.2) is 22.5 Å². The average Bonchev–Trinajstić information content (AvgIpc) is 3.06. The van der Waals surface area contributed by atoms with Crippen molar-refractivity contribution in [2.45, 2.75) is 49.4 Å². The van der Waals surface area contributed by atoms with Gasteiger partial charge >= 0.3 is 0 Å². The molecule has 1 aliphatic heterocycles. The van der Waals surface area contributed by atoms with Crippen molar-refractivity contribution in [3.8, 4) is 11.5 Å². The Balaban J connectivity index is 1.77. The molecule has 3 nitrogen and oxygen atoms in total. The molecule has 0 amide bonds. The molecule has 1 aromatic carbocycles. The number of benzene rings is 1. The molecule has 3 aliphatic rings. The van der Waals surface area contributed by atoms with E-state index < -0.39 is 0 Å². The van der Waals surface area contributed by atoms with Gasteiger partial charge in [0.25, 0.3) is 0 Å². The summed E-state index contributed by atoms with van der Waals surface area (Å²) < 4.78 is 11.1. The summed E-state index contributed by atoms with van der Waals surface area (Å²) in [4.78, 5) is 1.10. The first kappa shape index (κ1) is 17.3. The van der Waals surface area contributed by atoms with Crippen molar-refractivity contribution in [1.29, 1.82) is 0 Å². The van der Waals surface area contributed by atoms with E-state index >= 15 is 0 Å². The van der Waals surface area contributed by atoms with Crippen molar-refractivity contribution < 1.29 is 9.47 Å². The maximum absolute atomic E-state index is 6.56. The number of rotatable bonds is 3. The van der Waals surface area contributed by atoms with Crippen LogP contribution in [0.25, 0.3) is 0 Å². The van der Waals surface area contributed by atoms with Gasteiger partial charge < -0.3 is 15.2 Å². The number of hydrogen-bond donors (Lipinski definition) is 1. The molecule has 3 atom stereocenters. The van der Waals surface area contributed by atoms with Crippen LogP contribution in [0.5, 0.6) is 11.5 Å². The van der Waals surface area contributed by atoms with Gasteiger partial charge in [0, 0.05) is 16.8 Å². The molecule has 132 valence electrons. The third-order valence-electron chi connectivity index (χ3n) is 5.34.